The smallest absolute Gasteiger partial charge is 0.292 e. The van der Waals surface area contributed by atoms with Gasteiger partial charge in [-0.1, -0.05) is 6.07 Å². The highest BCUT2D eigenvalue weighted by Crippen LogP contribution is 2.28. The van der Waals surface area contributed by atoms with Crippen molar-refractivity contribution in [2.75, 3.05) is 5.73 Å². The molecule has 2 aromatic rings. The zero-order chi connectivity index (χ0) is 13.1. The number of benzene rings is 1. The van der Waals surface area contributed by atoms with Gasteiger partial charge < -0.3 is 10.5 Å². The summed E-state index contributed by atoms with van der Waals surface area (Å²) >= 11 is 0. The van der Waals surface area contributed by atoms with Crippen LogP contribution < -0.4 is 10.5 Å². The number of nitrogen functional groups attached to an aromatic ring is 1. The Bertz CT molecular complexity index is 582. The third-order valence-electron chi connectivity index (χ3n) is 2.30. The van der Waals surface area contributed by atoms with E-state index in [0.717, 1.165) is 5.56 Å². The molecule has 0 radical (unpaired) electrons. The Morgan fingerprint density at radius 1 is 1.33 bits per heavy atom. The lowest BCUT2D eigenvalue weighted by atomic mass is 10.2. The van der Waals surface area contributed by atoms with E-state index < -0.39 is 4.92 Å². The standard InChI is InChI=1S/C12H11N3O3/c1-8-2-5-12(14-7-8)18-9-3-4-11(15(16)17)10(13)6-9/h2-7H,13H2,1H3. The molecule has 0 spiro atoms. The fourth-order valence-electron chi connectivity index (χ4n) is 1.40. The molecule has 0 unspecified atom stereocenters. The van der Waals surface area contributed by atoms with Crippen molar-refractivity contribution in [1.29, 1.82) is 0 Å². The van der Waals surface area contributed by atoms with Crippen LogP contribution in [0.2, 0.25) is 0 Å². The van der Waals surface area contributed by atoms with Crippen LogP contribution in [0.3, 0.4) is 0 Å². The van der Waals surface area contributed by atoms with Crippen molar-refractivity contribution < 1.29 is 9.66 Å². The maximum absolute atomic E-state index is 10.6. The van der Waals surface area contributed by atoms with E-state index in [0.29, 0.717) is 11.6 Å². The lowest BCUT2D eigenvalue weighted by Gasteiger charge is -2.05. The predicted molar refractivity (Wildman–Crippen MR) is 66.6 cm³/mol. The summed E-state index contributed by atoms with van der Waals surface area (Å²) in [7, 11) is 0. The summed E-state index contributed by atoms with van der Waals surface area (Å²) < 4.78 is 5.44. The second-order valence-electron chi connectivity index (χ2n) is 3.75. The monoisotopic (exact) mass is 245 g/mol. The number of pyridine rings is 1. The Morgan fingerprint density at radius 3 is 2.67 bits per heavy atom. The number of rotatable bonds is 3. The van der Waals surface area contributed by atoms with Crippen molar-refractivity contribution in [2.45, 2.75) is 6.92 Å². The summed E-state index contributed by atoms with van der Waals surface area (Å²) in [6.07, 6.45) is 1.67. The SMILES string of the molecule is Cc1ccc(Oc2ccc([N+](=O)[O-])c(N)c2)nc1. The summed E-state index contributed by atoms with van der Waals surface area (Å²) in [5.41, 5.74) is 6.50. The van der Waals surface area contributed by atoms with Gasteiger partial charge >= 0.3 is 0 Å². The van der Waals surface area contributed by atoms with Gasteiger partial charge in [-0.3, -0.25) is 10.1 Å². The van der Waals surface area contributed by atoms with Gasteiger partial charge in [0, 0.05) is 24.4 Å². The van der Waals surface area contributed by atoms with Crippen LogP contribution in [0.1, 0.15) is 5.56 Å². The average Bonchev–Trinajstić information content (AvgIpc) is 2.32. The van der Waals surface area contributed by atoms with Gasteiger partial charge in [-0.05, 0) is 18.6 Å². The first-order chi connectivity index (χ1) is 8.56. The van der Waals surface area contributed by atoms with Gasteiger partial charge in [0.1, 0.15) is 11.4 Å². The molecule has 1 heterocycles. The Morgan fingerprint density at radius 2 is 2.11 bits per heavy atom. The van der Waals surface area contributed by atoms with Crippen molar-refractivity contribution in [3.63, 3.8) is 0 Å². The number of anilines is 1. The molecule has 2 rings (SSSR count). The summed E-state index contributed by atoms with van der Waals surface area (Å²) in [5, 5.41) is 10.6. The van der Waals surface area contributed by atoms with Crippen LogP contribution in [-0.2, 0) is 0 Å². The lowest BCUT2D eigenvalue weighted by molar-refractivity contribution is -0.383. The second kappa shape index (κ2) is 4.70. The average molecular weight is 245 g/mol. The Balaban J connectivity index is 2.22. The normalized spacial score (nSPS) is 10.1. The number of aromatic nitrogens is 1. The van der Waals surface area contributed by atoms with E-state index in [4.69, 9.17) is 10.5 Å². The molecule has 1 aromatic heterocycles. The Hall–Kier alpha value is -2.63. The number of nitrogens with two attached hydrogens (primary N) is 1. The highest BCUT2D eigenvalue weighted by atomic mass is 16.6. The fourth-order valence-corrected chi connectivity index (χ4v) is 1.40. The van der Waals surface area contributed by atoms with E-state index in [9.17, 15) is 10.1 Å². The van der Waals surface area contributed by atoms with Gasteiger partial charge in [-0.2, -0.15) is 0 Å². The molecule has 0 bridgehead atoms. The molecule has 0 saturated carbocycles. The molecule has 0 amide bonds. The molecule has 0 saturated heterocycles. The maximum atomic E-state index is 10.6. The summed E-state index contributed by atoms with van der Waals surface area (Å²) in [6, 6.07) is 7.76. The van der Waals surface area contributed by atoms with E-state index >= 15 is 0 Å². The maximum Gasteiger partial charge on any atom is 0.292 e. The van der Waals surface area contributed by atoms with E-state index in [1.54, 1.807) is 12.3 Å². The first-order valence-electron chi connectivity index (χ1n) is 5.20. The van der Waals surface area contributed by atoms with Crippen LogP contribution in [0.25, 0.3) is 0 Å². The molecule has 0 aliphatic carbocycles. The highest BCUT2D eigenvalue weighted by molar-refractivity contribution is 5.61. The van der Waals surface area contributed by atoms with Crippen LogP contribution in [0.5, 0.6) is 11.6 Å². The number of nitrogens with zero attached hydrogens (tertiary/aromatic N) is 2. The van der Waals surface area contributed by atoms with Crippen molar-refractivity contribution >= 4 is 11.4 Å². The largest absolute Gasteiger partial charge is 0.439 e. The molecule has 6 heteroatoms. The van der Waals surface area contributed by atoms with E-state index in [1.165, 1.54) is 18.2 Å². The topological polar surface area (TPSA) is 91.3 Å². The third kappa shape index (κ3) is 2.54. The molecule has 18 heavy (non-hydrogen) atoms. The number of hydrogen-bond acceptors (Lipinski definition) is 5. The fraction of sp³-hybridized carbons (Fsp3) is 0.0833. The molecular weight excluding hydrogens is 234 g/mol. The van der Waals surface area contributed by atoms with Crippen LogP contribution in [-0.4, -0.2) is 9.91 Å². The van der Waals surface area contributed by atoms with Gasteiger partial charge in [0.2, 0.25) is 5.88 Å². The lowest BCUT2D eigenvalue weighted by Crippen LogP contribution is -1.96. The second-order valence-corrected chi connectivity index (χ2v) is 3.75. The number of nitro benzene ring substituents is 1. The first kappa shape index (κ1) is 11.8. The molecule has 92 valence electrons. The van der Waals surface area contributed by atoms with Crippen molar-refractivity contribution in [2.24, 2.45) is 0 Å². The Labute approximate surface area is 103 Å². The van der Waals surface area contributed by atoms with E-state index in [-0.39, 0.29) is 11.4 Å². The zero-order valence-corrected chi connectivity index (χ0v) is 9.66. The van der Waals surface area contributed by atoms with Crippen LogP contribution in [0.15, 0.2) is 36.5 Å². The van der Waals surface area contributed by atoms with Crippen LogP contribution in [0, 0.1) is 17.0 Å². The van der Waals surface area contributed by atoms with Gasteiger partial charge in [0.05, 0.1) is 4.92 Å². The molecule has 0 aliphatic heterocycles. The molecule has 0 atom stereocenters. The highest BCUT2D eigenvalue weighted by Gasteiger charge is 2.12. The number of ether oxygens (including phenoxy) is 1. The minimum Gasteiger partial charge on any atom is -0.439 e. The van der Waals surface area contributed by atoms with Gasteiger partial charge in [-0.25, -0.2) is 4.98 Å². The molecule has 0 fully saturated rings. The van der Waals surface area contributed by atoms with Crippen molar-refractivity contribution in [1.82, 2.24) is 4.98 Å². The quantitative estimate of drug-likeness (QED) is 0.510. The van der Waals surface area contributed by atoms with Gasteiger partial charge in [0.15, 0.2) is 0 Å². The third-order valence-corrected chi connectivity index (χ3v) is 2.30. The molecule has 6 nitrogen and oxygen atoms in total. The van der Waals surface area contributed by atoms with E-state index in [2.05, 4.69) is 4.98 Å². The molecule has 0 aliphatic rings. The minimum absolute atomic E-state index is 0.0598. The number of aryl methyl sites for hydroxylation is 1. The van der Waals surface area contributed by atoms with Crippen molar-refractivity contribution in [3.8, 4) is 11.6 Å². The molecule has 2 N–H and O–H groups in total. The minimum atomic E-state index is -0.538. The number of nitro groups is 1. The van der Waals surface area contributed by atoms with Crippen LogP contribution >= 0.6 is 0 Å². The first-order valence-corrected chi connectivity index (χ1v) is 5.20. The summed E-state index contributed by atoms with van der Waals surface area (Å²) in [6.45, 7) is 1.92. The van der Waals surface area contributed by atoms with Gasteiger partial charge in [0.25, 0.3) is 5.69 Å². The zero-order valence-electron chi connectivity index (χ0n) is 9.66. The van der Waals surface area contributed by atoms with Gasteiger partial charge in [-0.15, -0.1) is 0 Å². The predicted octanol–water partition coefficient (Wildman–Crippen LogP) is 2.67. The summed E-state index contributed by atoms with van der Waals surface area (Å²) in [4.78, 5) is 14.1. The van der Waals surface area contributed by atoms with E-state index in [1.807, 2.05) is 13.0 Å². The van der Waals surface area contributed by atoms with Crippen molar-refractivity contribution in [3.05, 3.63) is 52.2 Å². The number of hydrogen-bond donors (Lipinski definition) is 1. The molecular formula is C12H11N3O3. The Kier molecular flexibility index (Phi) is 3.09. The summed E-state index contributed by atoms with van der Waals surface area (Å²) in [5.74, 6) is 0.823. The van der Waals surface area contributed by atoms with Crippen LogP contribution in [0.4, 0.5) is 11.4 Å². The molecule has 1 aromatic carbocycles.